The lowest BCUT2D eigenvalue weighted by atomic mass is 10.1. The molecule has 0 bridgehead atoms. The predicted octanol–water partition coefficient (Wildman–Crippen LogP) is 1.29. The van der Waals surface area contributed by atoms with E-state index >= 15 is 0 Å². The molecule has 19 heavy (non-hydrogen) atoms. The van der Waals surface area contributed by atoms with Crippen LogP contribution in [0, 0.1) is 0 Å². The molecule has 1 atom stereocenters. The van der Waals surface area contributed by atoms with Crippen molar-refractivity contribution in [3.05, 3.63) is 0 Å². The molecule has 0 aromatic carbocycles. The van der Waals surface area contributed by atoms with E-state index in [0.29, 0.717) is 6.54 Å². The van der Waals surface area contributed by atoms with Crippen LogP contribution in [0.25, 0.3) is 0 Å². The van der Waals surface area contributed by atoms with Crippen molar-refractivity contribution in [2.75, 3.05) is 13.1 Å². The summed E-state index contributed by atoms with van der Waals surface area (Å²) < 4.78 is 28.0. The highest BCUT2D eigenvalue weighted by atomic mass is 32.2. The van der Waals surface area contributed by atoms with E-state index in [-0.39, 0.29) is 25.0 Å². The van der Waals surface area contributed by atoms with Crippen molar-refractivity contribution in [2.45, 2.75) is 58.5 Å². The molecule has 1 unspecified atom stereocenters. The molecule has 1 rings (SSSR count). The summed E-state index contributed by atoms with van der Waals surface area (Å²) in [4.78, 5) is 10.7. The largest absolute Gasteiger partial charge is 0.481 e. The lowest BCUT2D eigenvalue weighted by Gasteiger charge is -2.37. The first-order valence-corrected chi connectivity index (χ1v) is 8.17. The molecular formula is C12H24N2O4S. The smallest absolute Gasteiger partial charge is 0.304 e. The van der Waals surface area contributed by atoms with Crippen LogP contribution >= 0.6 is 0 Å². The van der Waals surface area contributed by atoms with Crippen LogP contribution < -0.4 is 0 Å². The van der Waals surface area contributed by atoms with Gasteiger partial charge in [0.25, 0.3) is 10.2 Å². The van der Waals surface area contributed by atoms with Gasteiger partial charge < -0.3 is 5.11 Å². The number of nitrogens with zero attached hydrogens (tertiary/aromatic N) is 2. The lowest BCUT2D eigenvalue weighted by molar-refractivity contribution is -0.137. The Balaban J connectivity index is 2.88. The van der Waals surface area contributed by atoms with Crippen molar-refractivity contribution in [1.82, 2.24) is 8.61 Å². The van der Waals surface area contributed by atoms with Gasteiger partial charge in [0, 0.05) is 25.2 Å². The Kier molecular flexibility index (Phi) is 5.76. The lowest BCUT2D eigenvalue weighted by Crippen LogP contribution is -2.52. The van der Waals surface area contributed by atoms with Gasteiger partial charge in [0.2, 0.25) is 0 Å². The molecule has 112 valence electrons. The van der Waals surface area contributed by atoms with Gasteiger partial charge in [-0.1, -0.05) is 6.42 Å². The number of carboxylic acids is 1. The standard InChI is InChI=1S/C12H24N2O4S/c1-10(2)13(9-7-12(15)16)19(17,18)14-8-5-4-6-11(14)3/h10-11H,4-9H2,1-3H3,(H,15,16). The summed E-state index contributed by atoms with van der Waals surface area (Å²) in [5.74, 6) is -0.979. The number of aliphatic carboxylic acids is 1. The molecule has 6 nitrogen and oxygen atoms in total. The fourth-order valence-electron chi connectivity index (χ4n) is 2.40. The third-order valence-electron chi connectivity index (χ3n) is 3.46. The van der Waals surface area contributed by atoms with Crippen molar-refractivity contribution in [1.29, 1.82) is 0 Å². The van der Waals surface area contributed by atoms with Crippen LogP contribution in [0.1, 0.15) is 46.5 Å². The maximum Gasteiger partial charge on any atom is 0.304 e. The van der Waals surface area contributed by atoms with Crippen LogP contribution in [-0.4, -0.2) is 53.3 Å². The summed E-state index contributed by atoms with van der Waals surface area (Å²) in [6, 6.07) is -0.247. The van der Waals surface area contributed by atoms with Crippen LogP contribution in [0.5, 0.6) is 0 Å². The van der Waals surface area contributed by atoms with Crippen LogP contribution in [0.4, 0.5) is 0 Å². The fourth-order valence-corrected chi connectivity index (χ4v) is 4.44. The zero-order chi connectivity index (χ0) is 14.6. The minimum absolute atomic E-state index is 0.00942. The highest BCUT2D eigenvalue weighted by Gasteiger charge is 2.35. The van der Waals surface area contributed by atoms with E-state index in [1.54, 1.807) is 13.8 Å². The van der Waals surface area contributed by atoms with Gasteiger partial charge in [-0.05, 0) is 33.6 Å². The van der Waals surface area contributed by atoms with Crippen molar-refractivity contribution in [3.8, 4) is 0 Å². The Labute approximate surface area is 115 Å². The summed E-state index contributed by atoms with van der Waals surface area (Å²) in [7, 11) is -3.56. The number of hydrogen-bond donors (Lipinski definition) is 1. The quantitative estimate of drug-likeness (QED) is 0.800. The third-order valence-corrected chi connectivity index (χ3v) is 5.79. The second-order valence-corrected chi connectivity index (χ2v) is 7.15. The molecular weight excluding hydrogens is 268 g/mol. The molecule has 0 saturated carbocycles. The van der Waals surface area contributed by atoms with Gasteiger partial charge >= 0.3 is 5.97 Å². The number of carbonyl (C=O) groups is 1. The first-order chi connectivity index (χ1) is 8.76. The van der Waals surface area contributed by atoms with Crippen LogP contribution in [-0.2, 0) is 15.0 Å². The fraction of sp³-hybridized carbons (Fsp3) is 0.917. The topological polar surface area (TPSA) is 77.9 Å². The van der Waals surface area contributed by atoms with E-state index in [0.717, 1.165) is 19.3 Å². The molecule has 1 fully saturated rings. The van der Waals surface area contributed by atoms with Crippen LogP contribution in [0.15, 0.2) is 0 Å². The summed E-state index contributed by atoms with van der Waals surface area (Å²) in [5.41, 5.74) is 0. The highest BCUT2D eigenvalue weighted by Crippen LogP contribution is 2.23. The minimum atomic E-state index is -3.56. The van der Waals surface area contributed by atoms with Gasteiger partial charge in [-0.25, -0.2) is 0 Å². The monoisotopic (exact) mass is 292 g/mol. The van der Waals surface area contributed by atoms with Gasteiger partial charge in [0.15, 0.2) is 0 Å². The number of hydrogen-bond acceptors (Lipinski definition) is 3. The van der Waals surface area contributed by atoms with Crippen molar-refractivity contribution in [3.63, 3.8) is 0 Å². The molecule has 0 spiro atoms. The van der Waals surface area contributed by atoms with E-state index in [2.05, 4.69) is 0 Å². The van der Waals surface area contributed by atoms with Gasteiger partial charge in [-0.15, -0.1) is 0 Å². The average molecular weight is 292 g/mol. The highest BCUT2D eigenvalue weighted by molar-refractivity contribution is 7.86. The molecule has 1 saturated heterocycles. The van der Waals surface area contributed by atoms with E-state index < -0.39 is 16.2 Å². The summed E-state index contributed by atoms with van der Waals surface area (Å²) in [6.45, 7) is 6.01. The molecule has 0 radical (unpaired) electrons. The summed E-state index contributed by atoms with van der Waals surface area (Å²) in [6.07, 6.45) is 2.61. The molecule has 0 aromatic heterocycles. The number of piperidine rings is 1. The SMILES string of the molecule is CC(C)N(CCC(=O)O)S(=O)(=O)N1CCCCC1C. The van der Waals surface area contributed by atoms with Crippen molar-refractivity contribution in [2.24, 2.45) is 0 Å². The first kappa shape index (κ1) is 16.4. The van der Waals surface area contributed by atoms with E-state index in [9.17, 15) is 13.2 Å². The molecule has 0 amide bonds. The molecule has 1 heterocycles. The molecule has 0 aliphatic carbocycles. The molecule has 7 heteroatoms. The predicted molar refractivity (Wildman–Crippen MR) is 73.0 cm³/mol. The van der Waals surface area contributed by atoms with Gasteiger partial charge in [0.1, 0.15) is 0 Å². The second kappa shape index (κ2) is 6.67. The normalized spacial score (nSPS) is 22.1. The average Bonchev–Trinajstić information content (AvgIpc) is 2.28. The van der Waals surface area contributed by atoms with Crippen molar-refractivity contribution < 1.29 is 18.3 Å². The number of carboxylic acid groups (broad SMARTS) is 1. The Bertz CT molecular complexity index is 408. The third kappa shape index (κ3) is 4.15. The van der Waals surface area contributed by atoms with E-state index in [4.69, 9.17) is 5.11 Å². The Morgan fingerprint density at radius 2 is 2.05 bits per heavy atom. The molecule has 1 aliphatic heterocycles. The van der Waals surface area contributed by atoms with Gasteiger partial charge in [0.05, 0.1) is 6.42 Å². The first-order valence-electron chi connectivity index (χ1n) is 6.77. The maximum absolute atomic E-state index is 12.6. The Morgan fingerprint density at radius 1 is 1.42 bits per heavy atom. The van der Waals surface area contributed by atoms with E-state index in [1.807, 2.05) is 6.92 Å². The zero-order valence-corrected chi connectivity index (χ0v) is 12.7. The molecule has 1 aliphatic rings. The van der Waals surface area contributed by atoms with Crippen LogP contribution in [0.2, 0.25) is 0 Å². The van der Waals surface area contributed by atoms with Gasteiger partial charge in [-0.3, -0.25) is 4.79 Å². The van der Waals surface area contributed by atoms with Crippen LogP contribution in [0.3, 0.4) is 0 Å². The Hall–Kier alpha value is -0.660. The summed E-state index contributed by atoms with van der Waals surface area (Å²) >= 11 is 0. The molecule has 1 N–H and O–H groups in total. The van der Waals surface area contributed by atoms with E-state index in [1.165, 1.54) is 8.61 Å². The Morgan fingerprint density at radius 3 is 2.53 bits per heavy atom. The van der Waals surface area contributed by atoms with Gasteiger partial charge in [-0.2, -0.15) is 17.0 Å². The second-order valence-electron chi connectivity index (χ2n) is 5.31. The minimum Gasteiger partial charge on any atom is -0.481 e. The molecule has 0 aromatic rings. The summed E-state index contributed by atoms with van der Waals surface area (Å²) in [5, 5.41) is 8.74. The van der Waals surface area contributed by atoms with Crippen molar-refractivity contribution >= 4 is 16.2 Å². The maximum atomic E-state index is 12.6. The number of rotatable bonds is 6. The zero-order valence-electron chi connectivity index (χ0n) is 11.9.